The fourth-order valence-corrected chi connectivity index (χ4v) is 1.71. The van der Waals surface area contributed by atoms with E-state index >= 15 is 0 Å². The summed E-state index contributed by atoms with van der Waals surface area (Å²) in [6.07, 6.45) is -2.21. The lowest BCUT2D eigenvalue weighted by Crippen LogP contribution is -2.43. The summed E-state index contributed by atoms with van der Waals surface area (Å²) in [5, 5.41) is 5.68. The molecule has 16 heavy (non-hydrogen) atoms. The van der Waals surface area contributed by atoms with Crippen molar-refractivity contribution in [1.82, 2.24) is 10.6 Å². The van der Waals surface area contributed by atoms with E-state index in [1.54, 1.807) is 0 Å². The Bertz CT molecular complexity index is 182. The smallest absolute Gasteiger partial charge is 0.317 e. The molecule has 0 aliphatic carbocycles. The Morgan fingerprint density at radius 3 is 2.12 bits per heavy atom. The Morgan fingerprint density at radius 1 is 1.19 bits per heavy atom. The van der Waals surface area contributed by atoms with Crippen LogP contribution in [0.25, 0.3) is 0 Å². The Balaban J connectivity index is 0. The van der Waals surface area contributed by atoms with Crippen LogP contribution in [0.1, 0.15) is 19.8 Å². The lowest BCUT2D eigenvalue weighted by Gasteiger charge is -2.34. The van der Waals surface area contributed by atoms with Crippen molar-refractivity contribution < 1.29 is 13.2 Å². The maximum Gasteiger partial charge on any atom is 0.401 e. The van der Waals surface area contributed by atoms with Gasteiger partial charge in [0.15, 0.2) is 0 Å². The van der Waals surface area contributed by atoms with Crippen molar-refractivity contribution in [3.05, 3.63) is 0 Å². The van der Waals surface area contributed by atoms with Gasteiger partial charge in [-0.2, -0.15) is 13.2 Å². The number of rotatable bonds is 3. The van der Waals surface area contributed by atoms with Crippen molar-refractivity contribution in [3.8, 4) is 0 Å². The third-order valence-corrected chi connectivity index (χ3v) is 2.69. The van der Waals surface area contributed by atoms with Crippen LogP contribution in [0.15, 0.2) is 0 Å². The zero-order valence-electron chi connectivity index (χ0n) is 9.19. The molecule has 2 nitrogen and oxygen atoms in total. The summed E-state index contributed by atoms with van der Waals surface area (Å²) >= 11 is 0. The van der Waals surface area contributed by atoms with Crippen LogP contribution in [0.3, 0.4) is 0 Å². The molecule has 1 aliphatic heterocycles. The number of hydrogen-bond acceptors (Lipinski definition) is 2. The third-order valence-electron chi connectivity index (χ3n) is 2.69. The number of alkyl halides is 3. The molecule has 0 aromatic carbocycles. The van der Waals surface area contributed by atoms with Crippen LogP contribution in [-0.2, 0) is 0 Å². The zero-order valence-corrected chi connectivity index (χ0v) is 10.8. The van der Waals surface area contributed by atoms with E-state index in [-0.39, 0.29) is 30.2 Å². The highest BCUT2D eigenvalue weighted by Crippen LogP contribution is 2.27. The van der Waals surface area contributed by atoms with Gasteiger partial charge in [-0.15, -0.1) is 24.8 Å². The summed E-state index contributed by atoms with van der Waals surface area (Å²) in [6.45, 7) is 3.43. The third kappa shape index (κ3) is 7.54. The van der Waals surface area contributed by atoms with Gasteiger partial charge in [-0.3, -0.25) is 0 Å². The molecular formula is C9H19Cl2F3N2. The maximum absolute atomic E-state index is 11.9. The van der Waals surface area contributed by atoms with Crippen LogP contribution in [0, 0.1) is 5.41 Å². The van der Waals surface area contributed by atoms with E-state index in [2.05, 4.69) is 10.6 Å². The van der Waals surface area contributed by atoms with Gasteiger partial charge in [-0.25, -0.2) is 0 Å². The van der Waals surface area contributed by atoms with Crippen LogP contribution in [0.4, 0.5) is 13.2 Å². The minimum atomic E-state index is -4.09. The second-order valence-corrected chi connectivity index (χ2v) is 4.28. The molecular weight excluding hydrogens is 264 g/mol. The average molecular weight is 283 g/mol. The highest BCUT2D eigenvalue weighted by Gasteiger charge is 2.30. The molecule has 0 aromatic rings. The van der Waals surface area contributed by atoms with E-state index in [9.17, 15) is 13.2 Å². The predicted octanol–water partition coefficient (Wildman–Crippen LogP) is 2.37. The van der Waals surface area contributed by atoms with Gasteiger partial charge in [0.05, 0.1) is 6.54 Å². The van der Waals surface area contributed by atoms with Crippen molar-refractivity contribution >= 4 is 24.8 Å². The number of halogens is 5. The Kier molecular flexibility index (Phi) is 8.84. The van der Waals surface area contributed by atoms with Crippen molar-refractivity contribution in [2.45, 2.75) is 25.9 Å². The fraction of sp³-hybridized carbons (Fsp3) is 1.00. The van der Waals surface area contributed by atoms with Gasteiger partial charge in [0.2, 0.25) is 0 Å². The van der Waals surface area contributed by atoms with Gasteiger partial charge in [0, 0.05) is 6.54 Å². The first-order valence-electron chi connectivity index (χ1n) is 4.90. The molecule has 0 unspecified atom stereocenters. The zero-order chi connectivity index (χ0) is 10.7. The minimum Gasteiger partial charge on any atom is -0.317 e. The molecule has 0 bridgehead atoms. The summed E-state index contributed by atoms with van der Waals surface area (Å²) in [4.78, 5) is 0. The number of hydrogen-bond donors (Lipinski definition) is 2. The van der Waals surface area contributed by atoms with Gasteiger partial charge >= 0.3 is 6.18 Å². The van der Waals surface area contributed by atoms with Crippen LogP contribution in [0.2, 0.25) is 0 Å². The normalized spacial score (nSPS) is 19.5. The second kappa shape index (κ2) is 7.58. The second-order valence-electron chi connectivity index (χ2n) is 4.28. The van der Waals surface area contributed by atoms with Gasteiger partial charge in [0.1, 0.15) is 0 Å². The predicted molar refractivity (Wildman–Crippen MR) is 63.6 cm³/mol. The van der Waals surface area contributed by atoms with Crippen LogP contribution in [-0.4, -0.2) is 32.4 Å². The quantitative estimate of drug-likeness (QED) is 0.831. The van der Waals surface area contributed by atoms with Gasteiger partial charge in [0.25, 0.3) is 0 Å². The van der Waals surface area contributed by atoms with Gasteiger partial charge in [-0.1, -0.05) is 6.92 Å². The first-order chi connectivity index (χ1) is 6.41. The summed E-state index contributed by atoms with van der Waals surface area (Å²) in [7, 11) is 0. The van der Waals surface area contributed by atoms with Gasteiger partial charge < -0.3 is 10.6 Å². The summed E-state index contributed by atoms with van der Waals surface area (Å²) < 4.78 is 35.6. The lowest BCUT2D eigenvalue weighted by molar-refractivity contribution is -0.125. The Labute approximate surface area is 107 Å². The van der Waals surface area contributed by atoms with E-state index in [4.69, 9.17) is 0 Å². The molecule has 0 spiro atoms. The molecule has 0 atom stereocenters. The molecule has 1 heterocycles. The molecule has 0 radical (unpaired) electrons. The maximum atomic E-state index is 11.9. The molecule has 0 amide bonds. The number of nitrogens with one attached hydrogen (secondary N) is 2. The summed E-state index contributed by atoms with van der Waals surface area (Å²) in [6, 6.07) is 0. The highest BCUT2D eigenvalue weighted by molar-refractivity contribution is 5.85. The molecule has 7 heteroatoms. The monoisotopic (exact) mass is 282 g/mol. The van der Waals surface area contributed by atoms with Crippen LogP contribution < -0.4 is 10.6 Å². The van der Waals surface area contributed by atoms with Crippen molar-refractivity contribution in [2.24, 2.45) is 5.41 Å². The SMILES string of the molecule is CC1(CNCC(F)(F)F)CCNCC1.Cl.Cl. The largest absolute Gasteiger partial charge is 0.401 e. The molecule has 1 saturated heterocycles. The molecule has 1 rings (SSSR count). The van der Waals surface area contributed by atoms with Crippen LogP contribution >= 0.6 is 24.8 Å². The van der Waals surface area contributed by atoms with E-state index < -0.39 is 12.7 Å². The highest BCUT2D eigenvalue weighted by atomic mass is 35.5. The topological polar surface area (TPSA) is 24.1 Å². The van der Waals surface area contributed by atoms with Crippen molar-refractivity contribution in [2.75, 3.05) is 26.2 Å². The average Bonchev–Trinajstić information content (AvgIpc) is 2.02. The molecule has 0 saturated carbocycles. The van der Waals surface area contributed by atoms with Crippen molar-refractivity contribution in [3.63, 3.8) is 0 Å². The van der Waals surface area contributed by atoms with E-state index in [0.29, 0.717) is 6.54 Å². The van der Waals surface area contributed by atoms with Gasteiger partial charge in [-0.05, 0) is 31.3 Å². The first kappa shape index (κ1) is 18.6. The van der Waals surface area contributed by atoms with Crippen molar-refractivity contribution in [1.29, 1.82) is 0 Å². The number of piperidine rings is 1. The lowest BCUT2D eigenvalue weighted by atomic mass is 9.81. The summed E-state index contributed by atoms with van der Waals surface area (Å²) in [5.41, 5.74) is 0.0243. The van der Waals surface area contributed by atoms with E-state index in [0.717, 1.165) is 25.9 Å². The fourth-order valence-electron chi connectivity index (χ4n) is 1.71. The molecule has 2 N–H and O–H groups in total. The minimum absolute atomic E-state index is 0. The molecule has 1 fully saturated rings. The Hall–Kier alpha value is 0.290. The van der Waals surface area contributed by atoms with Crippen LogP contribution in [0.5, 0.6) is 0 Å². The summed E-state index contributed by atoms with van der Waals surface area (Å²) in [5.74, 6) is 0. The molecule has 100 valence electrons. The molecule has 0 aromatic heterocycles. The first-order valence-corrected chi connectivity index (χ1v) is 4.90. The molecule has 1 aliphatic rings. The Morgan fingerprint density at radius 2 is 1.69 bits per heavy atom. The van der Waals surface area contributed by atoms with E-state index in [1.807, 2.05) is 6.92 Å². The van der Waals surface area contributed by atoms with E-state index in [1.165, 1.54) is 0 Å². The standard InChI is InChI=1S/C9H17F3N2.2ClH/c1-8(2-4-13-5-3-8)6-14-7-9(10,11)12;;/h13-14H,2-7H2,1H3;2*1H.